The van der Waals surface area contributed by atoms with Crippen molar-refractivity contribution in [1.82, 2.24) is 9.44 Å². The molecule has 0 radical (unpaired) electrons. The van der Waals surface area contributed by atoms with Crippen LogP contribution in [0.15, 0.2) is 64.4 Å². The number of rotatable bonds is 9. The molecule has 136 valence electrons. The lowest BCUT2D eigenvalue weighted by atomic mass is 10.2. The van der Waals surface area contributed by atoms with Crippen molar-refractivity contribution in [3.05, 3.63) is 60.2 Å². The summed E-state index contributed by atoms with van der Waals surface area (Å²) in [6.07, 6.45) is 0. The molecule has 2 N–H and O–H groups in total. The quantitative estimate of drug-likeness (QED) is 0.630. The first-order chi connectivity index (χ1) is 11.8. The summed E-state index contributed by atoms with van der Waals surface area (Å²) in [4.78, 5) is 0.287. The van der Waals surface area contributed by atoms with Gasteiger partial charge in [-0.2, -0.15) is 0 Å². The lowest BCUT2D eigenvalue weighted by molar-refractivity contribution is 0.204. The first-order valence-corrected chi connectivity index (χ1v) is 10.4. The molecule has 0 bridgehead atoms. The molecule has 0 heterocycles. The number of ether oxygens (including phenoxy) is 1. The maximum Gasteiger partial charge on any atom is 0.240 e. The molecule has 25 heavy (non-hydrogen) atoms. The Morgan fingerprint density at radius 3 is 1.96 bits per heavy atom. The van der Waals surface area contributed by atoms with Crippen LogP contribution in [0.5, 0.6) is 0 Å². The van der Waals surface area contributed by atoms with Gasteiger partial charge in [0.25, 0.3) is 0 Å². The maximum atomic E-state index is 12.1. The largest absolute Gasteiger partial charge is 0.383 e. The second kappa shape index (κ2) is 8.54. The third-order valence-corrected chi connectivity index (χ3v) is 6.25. The standard InChI is InChI=1S/C16H20N2O5S2/c1-23-12-11-17-24(19,20)16-9-7-14(8-10-16)13-18-25(21,22)15-5-3-2-4-6-15/h2-10,17-18H,11-13H2,1H3. The van der Waals surface area contributed by atoms with E-state index >= 15 is 0 Å². The highest BCUT2D eigenvalue weighted by atomic mass is 32.2. The number of hydrogen-bond donors (Lipinski definition) is 2. The molecule has 0 aliphatic heterocycles. The van der Waals surface area contributed by atoms with Crippen LogP contribution in [0, 0.1) is 0 Å². The van der Waals surface area contributed by atoms with Gasteiger partial charge in [-0.15, -0.1) is 0 Å². The monoisotopic (exact) mass is 384 g/mol. The second-order valence-electron chi connectivity index (χ2n) is 5.17. The minimum absolute atomic E-state index is 0.0641. The number of hydrogen-bond acceptors (Lipinski definition) is 5. The Balaban J connectivity index is 2.01. The van der Waals surface area contributed by atoms with E-state index < -0.39 is 20.0 Å². The number of nitrogens with one attached hydrogen (secondary N) is 2. The summed E-state index contributed by atoms with van der Waals surface area (Å²) in [7, 11) is -5.72. The summed E-state index contributed by atoms with van der Waals surface area (Å²) in [6, 6.07) is 14.0. The fourth-order valence-electron chi connectivity index (χ4n) is 2.01. The molecule has 0 saturated carbocycles. The van der Waals surface area contributed by atoms with E-state index in [1.807, 2.05) is 0 Å². The van der Waals surface area contributed by atoms with Crippen molar-refractivity contribution in [2.24, 2.45) is 0 Å². The van der Waals surface area contributed by atoms with Crippen LogP contribution < -0.4 is 9.44 Å². The minimum atomic E-state index is -3.61. The lowest BCUT2D eigenvalue weighted by Crippen LogP contribution is -2.27. The van der Waals surface area contributed by atoms with E-state index in [0.717, 1.165) is 0 Å². The molecule has 0 saturated heterocycles. The van der Waals surface area contributed by atoms with Gasteiger partial charge < -0.3 is 4.74 Å². The Kier molecular flexibility index (Phi) is 6.68. The maximum absolute atomic E-state index is 12.1. The molecular weight excluding hydrogens is 364 g/mol. The summed E-state index contributed by atoms with van der Waals surface area (Å²) < 4.78 is 58.1. The second-order valence-corrected chi connectivity index (χ2v) is 8.71. The minimum Gasteiger partial charge on any atom is -0.383 e. The molecule has 0 amide bonds. The van der Waals surface area contributed by atoms with Crippen molar-refractivity contribution >= 4 is 20.0 Å². The van der Waals surface area contributed by atoms with E-state index in [1.165, 1.54) is 31.4 Å². The Hall–Kier alpha value is -1.78. The molecule has 0 atom stereocenters. The van der Waals surface area contributed by atoms with Crippen molar-refractivity contribution in [2.75, 3.05) is 20.3 Å². The first-order valence-electron chi connectivity index (χ1n) is 7.47. The van der Waals surface area contributed by atoms with Crippen molar-refractivity contribution in [2.45, 2.75) is 16.3 Å². The first kappa shape index (κ1) is 19.5. The lowest BCUT2D eigenvalue weighted by Gasteiger charge is -2.09. The summed E-state index contributed by atoms with van der Waals surface area (Å²) >= 11 is 0. The topological polar surface area (TPSA) is 102 Å². The van der Waals surface area contributed by atoms with E-state index in [1.54, 1.807) is 30.3 Å². The van der Waals surface area contributed by atoms with E-state index in [2.05, 4.69) is 9.44 Å². The van der Waals surface area contributed by atoms with Gasteiger partial charge in [0.15, 0.2) is 0 Å². The third-order valence-electron chi connectivity index (χ3n) is 3.35. The zero-order valence-corrected chi connectivity index (χ0v) is 15.3. The van der Waals surface area contributed by atoms with Gasteiger partial charge in [0.2, 0.25) is 20.0 Å². The Bertz CT molecular complexity index is 880. The molecule has 0 aromatic heterocycles. The summed E-state index contributed by atoms with van der Waals surface area (Å²) in [5.41, 5.74) is 0.648. The van der Waals surface area contributed by atoms with E-state index in [-0.39, 0.29) is 29.5 Å². The average Bonchev–Trinajstić information content (AvgIpc) is 2.61. The van der Waals surface area contributed by atoms with E-state index in [0.29, 0.717) is 5.56 Å². The van der Waals surface area contributed by atoms with Crippen LogP contribution in [0.1, 0.15) is 5.56 Å². The van der Waals surface area contributed by atoms with Crippen LogP contribution in [0.3, 0.4) is 0 Å². The highest BCUT2D eigenvalue weighted by molar-refractivity contribution is 7.89. The van der Waals surface area contributed by atoms with Crippen molar-refractivity contribution in [1.29, 1.82) is 0 Å². The molecule has 2 aromatic rings. The van der Waals surface area contributed by atoms with Crippen molar-refractivity contribution < 1.29 is 21.6 Å². The molecular formula is C16H20N2O5S2. The van der Waals surface area contributed by atoms with Crippen molar-refractivity contribution in [3.63, 3.8) is 0 Å². The molecule has 0 spiro atoms. The molecule has 0 aliphatic rings. The zero-order valence-electron chi connectivity index (χ0n) is 13.7. The highest BCUT2D eigenvalue weighted by Gasteiger charge is 2.15. The number of sulfonamides is 2. The normalized spacial score (nSPS) is 12.2. The van der Waals surface area contributed by atoms with Gasteiger partial charge in [0, 0.05) is 20.2 Å². The van der Waals surface area contributed by atoms with Crippen molar-refractivity contribution in [3.8, 4) is 0 Å². The third kappa shape index (κ3) is 5.62. The van der Waals surface area contributed by atoms with Gasteiger partial charge in [-0.3, -0.25) is 0 Å². The zero-order chi connectivity index (χ0) is 18.3. The van der Waals surface area contributed by atoms with E-state index in [4.69, 9.17) is 4.74 Å². The summed E-state index contributed by atoms with van der Waals surface area (Å²) in [6.45, 7) is 0.519. The molecule has 0 fully saturated rings. The van der Waals surface area contributed by atoms with Gasteiger partial charge in [-0.05, 0) is 29.8 Å². The van der Waals surface area contributed by atoms with Crippen LogP contribution in [0.2, 0.25) is 0 Å². The predicted molar refractivity (Wildman–Crippen MR) is 94.0 cm³/mol. The van der Waals surface area contributed by atoms with Crippen LogP contribution in [-0.4, -0.2) is 37.1 Å². The van der Waals surface area contributed by atoms with Crippen LogP contribution in [0.25, 0.3) is 0 Å². The molecule has 9 heteroatoms. The van der Waals surface area contributed by atoms with Gasteiger partial charge in [0.05, 0.1) is 16.4 Å². The van der Waals surface area contributed by atoms with Crippen LogP contribution in [-0.2, 0) is 31.3 Å². The number of benzene rings is 2. The Labute approximate surface area is 148 Å². The molecule has 7 nitrogen and oxygen atoms in total. The van der Waals surface area contributed by atoms with Crippen LogP contribution in [0.4, 0.5) is 0 Å². The molecule has 2 aromatic carbocycles. The van der Waals surface area contributed by atoms with Gasteiger partial charge >= 0.3 is 0 Å². The summed E-state index contributed by atoms with van der Waals surface area (Å²) in [5, 5.41) is 0. The smallest absolute Gasteiger partial charge is 0.240 e. The van der Waals surface area contributed by atoms with Crippen LogP contribution >= 0.6 is 0 Å². The SMILES string of the molecule is COCCNS(=O)(=O)c1ccc(CNS(=O)(=O)c2ccccc2)cc1. The fraction of sp³-hybridized carbons (Fsp3) is 0.250. The number of methoxy groups -OCH3 is 1. The predicted octanol–water partition coefficient (Wildman–Crippen LogP) is 1.09. The summed E-state index contributed by atoms with van der Waals surface area (Å²) in [5.74, 6) is 0. The van der Waals surface area contributed by atoms with Gasteiger partial charge in [0.1, 0.15) is 0 Å². The van der Waals surface area contributed by atoms with Gasteiger partial charge in [-0.25, -0.2) is 26.3 Å². The molecule has 2 rings (SSSR count). The highest BCUT2D eigenvalue weighted by Crippen LogP contribution is 2.12. The van der Waals surface area contributed by atoms with E-state index in [9.17, 15) is 16.8 Å². The average molecular weight is 384 g/mol. The molecule has 0 aliphatic carbocycles. The Morgan fingerprint density at radius 2 is 1.36 bits per heavy atom. The Morgan fingerprint density at radius 1 is 0.800 bits per heavy atom. The fourth-order valence-corrected chi connectivity index (χ4v) is 4.06. The van der Waals surface area contributed by atoms with Gasteiger partial charge in [-0.1, -0.05) is 30.3 Å². The molecule has 0 unspecified atom stereocenters.